The second kappa shape index (κ2) is 8.62. The van der Waals surface area contributed by atoms with Gasteiger partial charge in [-0.05, 0) is 19.4 Å². The molecule has 0 aliphatic carbocycles. The standard InChI is InChI=1S/C8H20OSSi/c1-3-7-11(10)8-5-6-9-4-2/h10-11H,3-8H2,1-2H3. The Bertz CT molecular complexity index is 80.5. The molecule has 1 unspecified atom stereocenters. The van der Waals surface area contributed by atoms with E-state index < -0.39 is 7.95 Å². The van der Waals surface area contributed by atoms with Crippen LogP contribution in [0.5, 0.6) is 0 Å². The van der Waals surface area contributed by atoms with Crippen molar-refractivity contribution >= 4 is 20.0 Å². The van der Waals surface area contributed by atoms with E-state index in [0.29, 0.717) is 0 Å². The average Bonchev–Trinajstić information content (AvgIpc) is 1.99. The van der Waals surface area contributed by atoms with Gasteiger partial charge in [0.05, 0.1) is 7.95 Å². The first kappa shape index (κ1) is 11.5. The molecule has 0 fully saturated rings. The van der Waals surface area contributed by atoms with E-state index in [1.165, 1.54) is 24.9 Å². The van der Waals surface area contributed by atoms with Gasteiger partial charge in [-0.25, -0.2) is 12.1 Å². The van der Waals surface area contributed by atoms with Gasteiger partial charge in [-0.15, -0.1) is 0 Å². The molecule has 0 aromatic heterocycles. The lowest BCUT2D eigenvalue weighted by Crippen LogP contribution is -2.04. The molecule has 0 aliphatic heterocycles. The molecule has 0 aromatic rings. The van der Waals surface area contributed by atoms with Gasteiger partial charge in [0.15, 0.2) is 0 Å². The summed E-state index contributed by atoms with van der Waals surface area (Å²) in [6.07, 6.45) is 2.52. The van der Waals surface area contributed by atoms with Crippen LogP contribution >= 0.6 is 12.1 Å². The summed E-state index contributed by atoms with van der Waals surface area (Å²) in [5.41, 5.74) is 0. The van der Waals surface area contributed by atoms with E-state index in [1.807, 2.05) is 6.92 Å². The summed E-state index contributed by atoms with van der Waals surface area (Å²) < 4.78 is 5.25. The van der Waals surface area contributed by atoms with Crippen LogP contribution in [0.1, 0.15) is 26.7 Å². The molecule has 0 N–H and O–H groups in total. The zero-order valence-electron chi connectivity index (χ0n) is 7.68. The molecule has 11 heavy (non-hydrogen) atoms. The Morgan fingerprint density at radius 3 is 2.55 bits per heavy atom. The summed E-state index contributed by atoms with van der Waals surface area (Å²) in [6, 6.07) is 2.70. The maximum Gasteiger partial charge on any atom is 0.0972 e. The third-order valence-corrected chi connectivity index (χ3v) is 5.52. The van der Waals surface area contributed by atoms with Crippen LogP contribution in [0.15, 0.2) is 0 Å². The van der Waals surface area contributed by atoms with Crippen molar-refractivity contribution in [3.63, 3.8) is 0 Å². The van der Waals surface area contributed by atoms with Gasteiger partial charge >= 0.3 is 0 Å². The van der Waals surface area contributed by atoms with E-state index in [1.54, 1.807) is 0 Å². The van der Waals surface area contributed by atoms with Gasteiger partial charge in [-0.3, -0.25) is 0 Å². The fraction of sp³-hybridized carbons (Fsp3) is 1.00. The van der Waals surface area contributed by atoms with Crippen LogP contribution in [0.3, 0.4) is 0 Å². The highest BCUT2D eigenvalue weighted by Gasteiger charge is 2.02. The van der Waals surface area contributed by atoms with E-state index in [9.17, 15) is 0 Å². The molecular formula is C8H20OSSi. The lowest BCUT2D eigenvalue weighted by Gasteiger charge is -2.06. The Balaban J connectivity index is 2.97. The first-order valence-corrected chi connectivity index (χ1v) is 8.26. The fourth-order valence-corrected chi connectivity index (χ4v) is 3.96. The Labute approximate surface area is 77.2 Å². The van der Waals surface area contributed by atoms with Gasteiger partial charge in [0.25, 0.3) is 0 Å². The molecule has 0 aliphatic rings. The molecule has 0 spiro atoms. The van der Waals surface area contributed by atoms with Crippen molar-refractivity contribution < 1.29 is 4.74 Å². The van der Waals surface area contributed by atoms with Crippen LogP contribution in [0, 0.1) is 0 Å². The van der Waals surface area contributed by atoms with Crippen molar-refractivity contribution in [1.82, 2.24) is 0 Å². The van der Waals surface area contributed by atoms with Crippen LogP contribution in [-0.4, -0.2) is 21.2 Å². The molecule has 0 amide bonds. The van der Waals surface area contributed by atoms with Gasteiger partial charge < -0.3 is 4.74 Å². The summed E-state index contributed by atoms with van der Waals surface area (Å²) in [6.45, 7) is 6.07. The molecule has 0 rings (SSSR count). The highest BCUT2D eigenvalue weighted by Crippen LogP contribution is 2.08. The lowest BCUT2D eigenvalue weighted by atomic mass is 10.5. The zero-order chi connectivity index (χ0) is 8.53. The number of hydrogen-bond acceptors (Lipinski definition) is 2. The second-order valence-corrected chi connectivity index (χ2v) is 7.43. The largest absolute Gasteiger partial charge is 0.382 e. The van der Waals surface area contributed by atoms with Crippen molar-refractivity contribution in [3.8, 4) is 0 Å². The van der Waals surface area contributed by atoms with Gasteiger partial charge in [0.2, 0.25) is 0 Å². The highest BCUT2D eigenvalue weighted by atomic mass is 32.3. The molecule has 1 nitrogen and oxygen atoms in total. The summed E-state index contributed by atoms with van der Waals surface area (Å²) in [7, 11) is -0.630. The first-order chi connectivity index (χ1) is 5.31. The maximum absolute atomic E-state index is 5.25. The van der Waals surface area contributed by atoms with Gasteiger partial charge in [0.1, 0.15) is 0 Å². The van der Waals surface area contributed by atoms with Gasteiger partial charge in [-0.1, -0.05) is 19.4 Å². The summed E-state index contributed by atoms with van der Waals surface area (Å²) in [4.78, 5) is 0. The predicted octanol–water partition coefficient (Wildman–Crippen LogP) is 2.48. The van der Waals surface area contributed by atoms with Crippen LogP contribution in [0.4, 0.5) is 0 Å². The van der Waals surface area contributed by atoms with Crippen LogP contribution in [0.25, 0.3) is 0 Å². The molecule has 0 saturated heterocycles. The van der Waals surface area contributed by atoms with Crippen molar-refractivity contribution in [2.45, 2.75) is 38.8 Å². The summed E-state index contributed by atoms with van der Waals surface area (Å²) in [5, 5.41) is 0. The normalized spacial score (nSPS) is 13.4. The predicted molar refractivity (Wildman–Crippen MR) is 57.2 cm³/mol. The molecule has 0 saturated carbocycles. The van der Waals surface area contributed by atoms with E-state index in [4.69, 9.17) is 4.74 Å². The third-order valence-electron chi connectivity index (χ3n) is 1.65. The summed E-state index contributed by atoms with van der Waals surface area (Å²) >= 11 is 4.60. The fourth-order valence-electron chi connectivity index (χ4n) is 1.04. The second-order valence-electron chi connectivity index (χ2n) is 2.78. The minimum Gasteiger partial charge on any atom is -0.382 e. The number of ether oxygens (including phenoxy) is 1. The molecule has 68 valence electrons. The Kier molecular flexibility index (Phi) is 9.03. The smallest absolute Gasteiger partial charge is 0.0972 e. The quantitative estimate of drug-likeness (QED) is 0.370. The molecule has 0 heterocycles. The molecular weight excluding hydrogens is 172 g/mol. The Morgan fingerprint density at radius 2 is 2.00 bits per heavy atom. The molecule has 3 heteroatoms. The minimum atomic E-state index is -0.630. The van der Waals surface area contributed by atoms with Crippen molar-refractivity contribution in [3.05, 3.63) is 0 Å². The van der Waals surface area contributed by atoms with Gasteiger partial charge in [0, 0.05) is 13.2 Å². The van der Waals surface area contributed by atoms with E-state index >= 15 is 0 Å². The zero-order valence-corrected chi connectivity index (χ0v) is 9.72. The molecule has 0 aromatic carbocycles. The van der Waals surface area contributed by atoms with Crippen molar-refractivity contribution in [2.24, 2.45) is 0 Å². The van der Waals surface area contributed by atoms with E-state index in [-0.39, 0.29) is 0 Å². The number of thiol groups is 1. The highest BCUT2D eigenvalue weighted by molar-refractivity contribution is 8.10. The average molecular weight is 192 g/mol. The maximum atomic E-state index is 5.25. The molecule has 0 bridgehead atoms. The minimum absolute atomic E-state index is 0.630. The number of rotatable bonds is 7. The monoisotopic (exact) mass is 192 g/mol. The summed E-state index contributed by atoms with van der Waals surface area (Å²) in [5.74, 6) is 0. The third kappa shape index (κ3) is 8.43. The SMILES string of the molecule is CCC[SiH](S)CCCOCC. The number of hydrogen-bond donors (Lipinski definition) is 1. The van der Waals surface area contributed by atoms with Crippen LogP contribution < -0.4 is 0 Å². The Hall–Kier alpha value is 0.527. The van der Waals surface area contributed by atoms with E-state index in [2.05, 4.69) is 19.0 Å². The van der Waals surface area contributed by atoms with Crippen LogP contribution in [0.2, 0.25) is 12.1 Å². The molecule has 0 radical (unpaired) electrons. The van der Waals surface area contributed by atoms with E-state index in [0.717, 1.165) is 13.2 Å². The Morgan fingerprint density at radius 1 is 1.27 bits per heavy atom. The lowest BCUT2D eigenvalue weighted by molar-refractivity contribution is 0.148. The van der Waals surface area contributed by atoms with Crippen molar-refractivity contribution in [2.75, 3.05) is 13.2 Å². The topological polar surface area (TPSA) is 9.23 Å². The van der Waals surface area contributed by atoms with Crippen molar-refractivity contribution in [1.29, 1.82) is 0 Å². The molecule has 1 atom stereocenters. The van der Waals surface area contributed by atoms with Crippen LogP contribution in [-0.2, 0) is 4.74 Å². The van der Waals surface area contributed by atoms with Gasteiger partial charge in [-0.2, -0.15) is 0 Å². The first-order valence-electron chi connectivity index (χ1n) is 4.57.